The molecule has 1 radical (unpaired) electrons. The quantitative estimate of drug-likeness (QED) is 0.161. The molecule has 0 spiro atoms. The zero-order chi connectivity index (χ0) is 8.69. The second-order valence-corrected chi connectivity index (χ2v) is 1.36. The Bertz CT molecular complexity index is 158. The molecule has 6 nitrogen and oxygen atoms in total. The molecule has 8 heteroatoms. The first-order valence-corrected chi connectivity index (χ1v) is 2.49. The summed E-state index contributed by atoms with van der Waals surface area (Å²) in [6.07, 6.45) is 0.240. The van der Waals surface area contributed by atoms with Gasteiger partial charge in [-0.15, -0.1) is 0 Å². The van der Waals surface area contributed by atoms with Crippen LogP contribution in [0.25, 0.3) is 0 Å². The van der Waals surface area contributed by atoms with Gasteiger partial charge in [0.25, 0.3) is 0 Å². The molecule has 0 aromatic rings. The summed E-state index contributed by atoms with van der Waals surface area (Å²) in [7, 11) is 0.598. The molecule has 57 valence electrons. The van der Waals surface area contributed by atoms with E-state index >= 15 is 0 Å². The van der Waals surface area contributed by atoms with Gasteiger partial charge in [0.1, 0.15) is 0 Å². The fraction of sp³-hybridized carbons (Fsp3) is 0.333. The topological polar surface area (TPSA) is 89.9 Å². The monoisotopic (exact) mass is 157 g/mol. The van der Waals surface area contributed by atoms with Crippen LogP contribution in [-0.2, 0) is 24.0 Å². The molecule has 0 saturated heterocycles. The number of carbonyl (C=O) groups excluding carboxylic acids is 1. The normalized spacial score (nSPS) is 11.3. The molecule has 0 aromatic heterocycles. The third-order valence-corrected chi connectivity index (χ3v) is 0.637. The van der Waals surface area contributed by atoms with Crippen molar-refractivity contribution in [3.8, 4) is 0 Å². The minimum atomic E-state index is -1.70. The van der Waals surface area contributed by atoms with Crippen molar-refractivity contribution in [2.24, 2.45) is 0 Å². The Morgan fingerprint density at radius 3 is 2.64 bits per heavy atom. The number of aliphatic carboxylic acids is 1. The maximum absolute atomic E-state index is 9.99. The van der Waals surface area contributed by atoms with Crippen molar-refractivity contribution in [3.05, 3.63) is 0 Å². The first-order valence-electron chi connectivity index (χ1n) is 2.49. The van der Waals surface area contributed by atoms with Crippen LogP contribution < -0.4 is 0 Å². The molecule has 11 heavy (non-hydrogen) atoms. The fourth-order valence-corrected chi connectivity index (χ4v) is 0.237. The molecule has 0 aliphatic carbocycles. The van der Waals surface area contributed by atoms with Crippen molar-refractivity contribution in [2.45, 2.75) is 6.00 Å². The molecule has 1 N–H and O–H groups in total. The van der Waals surface area contributed by atoms with Crippen LogP contribution in [0.5, 0.6) is 0 Å². The van der Waals surface area contributed by atoms with E-state index in [0.717, 1.165) is 0 Å². The average Bonchev–Trinajstić information content (AvgIpc) is 1.97. The van der Waals surface area contributed by atoms with E-state index < -0.39 is 12.0 Å². The second kappa shape index (κ2) is 5.75. The minimum absolute atomic E-state index is 0.0287. The van der Waals surface area contributed by atoms with Crippen LogP contribution in [0.2, 0.25) is 0 Å². The number of hydrogen-bond acceptors (Lipinski definition) is 5. The van der Waals surface area contributed by atoms with Crippen molar-refractivity contribution in [3.63, 3.8) is 0 Å². The van der Waals surface area contributed by atoms with Crippen LogP contribution in [0, 0.1) is 0 Å². The third-order valence-electron chi connectivity index (χ3n) is 0.637. The van der Waals surface area contributed by atoms with E-state index in [1.807, 2.05) is 0 Å². The van der Waals surface area contributed by atoms with Crippen LogP contribution in [0.1, 0.15) is 0 Å². The molecule has 0 fully saturated rings. The molecular weight excluding hydrogens is 154 g/mol. The summed E-state index contributed by atoms with van der Waals surface area (Å²) < 4.78 is 9.85. The number of carboxylic acids is 1. The molecular formula is C3H3B2O6. The molecule has 1 unspecified atom stereocenters. The Kier molecular flexibility index (Phi) is 5.22. The van der Waals surface area contributed by atoms with Gasteiger partial charge in [0.2, 0.25) is 0 Å². The van der Waals surface area contributed by atoms with E-state index in [2.05, 4.69) is 9.69 Å². The van der Waals surface area contributed by atoms with Crippen LogP contribution >= 0.6 is 0 Å². The van der Waals surface area contributed by atoms with Gasteiger partial charge in [-0.1, -0.05) is 0 Å². The Hall–Kier alpha value is -1.01. The maximum atomic E-state index is 9.99. The van der Waals surface area contributed by atoms with Gasteiger partial charge in [-0.05, 0) is 0 Å². The third kappa shape index (κ3) is 4.40. The van der Waals surface area contributed by atoms with Gasteiger partial charge in [0.05, 0.1) is 0 Å². The Morgan fingerprint density at radius 1 is 1.64 bits per heavy atom. The van der Waals surface area contributed by atoms with Gasteiger partial charge in [-0.3, -0.25) is 0 Å². The summed E-state index contributed by atoms with van der Waals surface area (Å²) in [5.41, 5.74) is 0. The predicted octanol–water partition coefficient (Wildman–Crippen LogP) is -1.80. The summed E-state index contributed by atoms with van der Waals surface area (Å²) in [5, 5.41) is 8.13. The molecule has 0 heterocycles. The standard InChI is InChI=1S/C3H3B2O6/c6-1-4-11-10-2(5-9)3(7)8/h1-2H,(H,7,8). The molecule has 0 rings (SSSR count). The summed E-state index contributed by atoms with van der Waals surface area (Å²) >= 11 is 0. The summed E-state index contributed by atoms with van der Waals surface area (Å²) in [6, 6.07) is -1.70. The summed E-state index contributed by atoms with van der Waals surface area (Å²) in [4.78, 5) is 27.4. The molecule has 0 aromatic carbocycles. The van der Waals surface area contributed by atoms with E-state index in [4.69, 9.17) is 5.11 Å². The second-order valence-electron chi connectivity index (χ2n) is 1.36. The predicted molar refractivity (Wildman–Crippen MR) is 32.5 cm³/mol. The van der Waals surface area contributed by atoms with Crippen LogP contribution in [0.15, 0.2) is 0 Å². The van der Waals surface area contributed by atoms with Crippen LogP contribution in [0.4, 0.5) is 0 Å². The first-order chi connectivity index (χ1) is 5.22. The van der Waals surface area contributed by atoms with Crippen molar-refractivity contribution in [2.75, 3.05) is 0 Å². The molecule has 0 aliphatic heterocycles. The van der Waals surface area contributed by atoms with E-state index in [1.54, 1.807) is 0 Å². The van der Waals surface area contributed by atoms with Crippen molar-refractivity contribution in [1.29, 1.82) is 0 Å². The van der Waals surface area contributed by atoms with Crippen molar-refractivity contribution >= 4 is 26.8 Å². The Balaban J connectivity index is 3.60. The Labute approximate surface area is 62.9 Å². The van der Waals surface area contributed by atoms with Crippen molar-refractivity contribution < 1.29 is 29.1 Å². The van der Waals surface area contributed by atoms with E-state index in [1.165, 1.54) is 0 Å². The van der Waals surface area contributed by atoms with E-state index in [-0.39, 0.29) is 13.3 Å². The molecule has 0 bridgehead atoms. The van der Waals surface area contributed by atoms with Crippen LogP contribution in [0.3, 0.4) is 0 Å². The SMILES string of the molecule is O=BC(OO[B]C=O)C(=O)O. The number of carbonyl (C=O) groups is 2. The number of carboxylic acid groups (broad SMARTS) is 1. The first kappa shape index (κ1) is 9.99. The summed E-state index contributed by atoms with van der Waals surface area (Å²) in [6.45, 7) is 0. The number of hydrogen-bond donors (Lipinski definition) is 1. The van der Waals surface area contributed by atoms with E-state index in [0.29, 0.717) is 7.48 Å². The zero-order valence-corrected chi connectivity index (χ0v) is 5.30. The fourth-order valence-electron chi connectivity index (χ4n) is 0.237. The molecule has 0 amide bonds. The number of rotatable bonds is 6. The molecule has 0 aliphatic rings. The van der Waals surface area contributed by atoms with Gasteiger partial charge < -0.3 is 0 Å². The van der Waals surface area contributed by atoms with Gasteiger partial charge >= 0.3 is 61.9 Å². The molecule has 0 saturated carbocycles. The Morgan fingerprint density at radius 2 is 2.27 bits per heavy atom. The van der Waals surface area contributed by atoms with Gasteiger partial charge in [0, 0.05) is 0 Å². The van der Waals surface area contributed by atoms with Gasteiger partial charge in [-0.25, -0.2) is 0 Å². The van der Waals surface area contributed by atoms with Gasteiger partial charge in [0.15, 0.2) is 0 Å². The molecule has 1 atom stereocenters. The van der Waals surface area contributed by atoms with Crippen LogP contribution in [-0.4, -0.2) is 37.9 Å². The summed E-state index contributed by atoms with van der Waals surface area (Å²) in [5.74, 6) is -1.49. The van der Waals surface area contributed by atoms with E-state index in [9.17, 15) is 14.3 Å². The zero-order valence-electron chi connectivity index (χ0n) is 5.30. The average molecular weight is 157 g/mol. The van der Waals surface area contributed by atoms with Gasteiger partial charge in [-0.2, -0.15) is 0 Å². The van der Waals surface area contributed by atoms with Crippen molar-refractivity contribution in [1.82, 2.24) is 0 Å².